The molecule has 34 heavy (non-hydrogen) atoms. The van der Waals surface area contributed by atoms with Gasteiger partial charge in [0.2, 0.25) is 0 Å². The summed E-state index contributed by atoms with van der Waals surface area (Å²) in [6, 6.07) is 9.14. The van der Waals surface area contributed by atoms with E-state index in [-0.39, 0.29) is 29.3 Å². The number of halogens is 2. The Bertz CT molecular complexity index is 1090. The predicted octanol–water partition coefficient (Wildman–Crippen LogP) is 3.17. The van der Waals surface area contributed by atoms with Gasteiger partial charge in [0.15, 0.2) is 0 Å². The molecule has 1 saturated carbocycles. The third-order valence-corrected chi connectivity index (χ3v) is 7.54. The number of nitrogens with one attached hydrogen (secondary N) is 1. The first-order chi connectivity index (χ1) is 16.4. The van der Waals surface area contributed by atoms with E-state index in [4.69, 9.17) is 5.73 Å². The Kier molecular flexibility index (Phi) is 6.12. The second-order valence-corrected chi connectivity index (χ2v) is 9.72. The molecule has 4 N–H and O–H groups in total. The highest BCUT2D eigenvalue weighted by molar-refractivity contribution is 5.99. The monoisotopic (exact) mass is 468 g/mol. The minimum absolute atomic E-state index is 0.0260. The van der Waals surface area contributed by atoms with E-state index in [1.54, 1.807) is 12.3 Å². The van der Waals surface area contributed by atoms with Crippen molar-refractivity contribution in [3.8, 4) is 11.1 Å². The van der Waals surface area contributed by atoms with Crippen LogP contribution in [0.1, 0.15) is 41.6 Å². The van der Waals surface area contributed by atoms with E-state index >= 15 is 0 Å². The van der Waals surface area contributed by atoms with Crippen LogP contribution < -0.4 is 11.1 Å². The molecule has 0 radical (unpaired) electrons. The van der Waals surface area contributed by atoms with E-state index in [1.807, 2.05) is 29.2 Å². The van der Waals surface area contributed by atoms with Gasteiger partial charge in [-0.1, -0.05) is 30.3 Å². The number of pyridine rings is 1. The highest BCUT2D eigenvalue weighted by atomic mass is 19.1. The first-order valence-electron chi connectivity index (χ1n) is 11.9. The van der Waals surface area contributed by atoms with E-state index in [0.29, 0.717) is 31.5 Å². The number of aliphatic hydroxyl groups is 1. The Balaban J connectivity index is 1.29. The number of nitrogens with zero attached hydrogens (tertiary/aromatic N) is 2. The van der Waals surface area contributed by atoms with Gasteiger partial charge in [-0.05, 0) is 48.4 Å². The normalized spacial score (nSPS) is 26.3. The third-order valence-electron chi connectivity index (χ3n) is 7.54. The van der Waals surface area contributed by atoms with Crippen LogP contribution in [-0.4, -0.2) is 65.5 Å². The Morgan fingerprint density at radius 1 is 1.18 bits per heavy atom. The number of hydrogen-bond donors (Lipinski definition) is 3. The van der Waals surface area contributed by atoms with Crippen LogP contribution >= 0.6 is 0 Å². The molecular formula is C26H30F2N4O2. The lowest BCUT2D eigenvalue weighted by Gasteiger charge is -2.26. The van der Waals surface area contributed by atoms with Gasteiger partial charge in [-0.3, -0.25) is 9.69 Å². The number of benzene rings is 1. The van der Waals surface area contributed by atoms with Crippen molar-refractivity contribution in [1.82, 2.24) is 15.2 Å². The maximum Gasteiger partial charge on any atom is 0.255 e. The number of carbonyl (C=O) groups excluding carboxylic acids is 1. The van der Waals surface area contributed by atoms with Crippen LogP contribution in [0.25, 0.3) is 11.1 Å². The molecular weight excluding hydrogens is 438 g/mol. The SMILES string of the molecule is Nc1ncc(-c2ccc([C@]34C=C3CN(C(CF)CF)C4)cc2)cc1C(=O)N[C@H]1CC[C@H](O)CC1. The minimum atomic E-state index is -0.679. The molecule has 1 amide bonds. The number of hydrogen-bond acceptors (Lipinski definition) is 5. The smallest absolute Gasteiger partial charge is 0.255 e. The lowest BCUT2D eigenvalue weighted by atomic mass is 9.90. The molecule has 2 fully saturated rings. The molecule has 6 nitrogen and oxygen atoms in total. The topological polar surface area (TPSA) is 91.5 Å². The lowest BCUT2D eigenvalue weighted by molar-refractivity contribution is 0.0868. The first-order valence-corrected chi connectivity index (χ1v) is 11.9. The van der Waals surface area contributed by atoms with Crippen LogP contribution in [0.15, 0.2) is 48.2 Å². The van der Waals surface area contributed by atoms with Gasteiger partial charge in [-0.2, -0.15) is 0 Å². The molecule has 0 bridgehead atoms. The number of nitrogen functional groups attached to an aromatic ring is 1. The first kappa shape index (κ1) is 22.9. The fraction of sp³-hybridized carbons (Fsp3) is 0.462. The number of fused-ring (bicyclic) bond motifs is 1. The summed E-state index contributed by atoms with van der Waals surface area (Å²) >= 11 is 0. The number of likely N-dealkylation sites (tertiary alicyclic amines) is 1. The van der Waals surface area contributed by atoms with Gasteiger partial charge in [-0.15, -0.1) is 0 Å². The molecule has 1 saturated heterocycles. The largest absolute Gasteiger partial charge is 0.393 e. The number of anilines is 1. The number of nitrogens with two attached hydrogens (primary N) is 1. The average Bonchev–Trinajstić information content (AvgIpc) is 3.42. The molecule has 1 aromatic heterocycles. The van der Waals surface area contributed by atoms with E-state index < -0.39 is 19.4 Å². The number of aliphatic hydroxyl groups excluding tert-OH is 1. The quantitative estimate of drug-likeness (QED) is 0.543. The third kappa shape index (κ3) is 4.20. The van der Waals surface area contributed by atoms with E-state index in [1.165, 1.54) is 5.57 Å². The van der Waals surface area contributed by atoms with Crippen molar-refractivity contribution in [2.45, 2.75) is 49.3 Å². The van der Waals surface area contributed by atoms with Crippen LogP contribution in [0.5, 0.6) is 0 Å². The summed E-state index contributed by atoms with van der Waals surface area (Å²) in [6.07, 6.45) is 6.41. The van der Waals surface area contributed by atoms with Crippen molar-refractivity contribution in [1.29, 1.82) is 0 Å². The van der Waals surface area contributed by atoms with E-state index in [0.717, 1.165) is 29.5 Å². The molecule has 2 heterocycles. The second-order valence-electron chi connectivity index (χ2n) is 9.72. The number of alkyl halides is 2. The molecule has 2 aliphatic carbocycles. The second kappa shape index (κ2) is 9.07. The van der Waals surface area contributed by atoms with Gasteiger partial charge in [0.25, 0.3) is 5.91 Å². The van der Waals surface area contributed by atoms with Gasteiger partial charge in [0, 0.05) is 36.3 Å². The van der Waals surface area contributed by atoms with Crippen LogP contribution in [0.2, 0.25) is 0 Å². The summed E-state index contributed by atoms with van der Waals surface area (Å²) in [5, 5.41) is 12.7. The van der Waals surface area contributed by atoms with Gasteiger partial charge < -0.3 is 16.2 Å². The summed E-state index contributed by atoms with van der Waals surface area (Å²) in [5.74, 6) is -0.0716. The predicted molar refractivity (Wildman–Crippen MR) is 127 cm³/mol. The average molecular weight is 469 g/mol. The summed E-state index contributed by atoms with van der Waals surface area (Å²) in [6.45, 7) is -0.143. The number of amides is 1. The molecule has 1 aromatic carbocycles. The summed E-state index contributed by atoms with van der Waals surface area (Å²) < 4.78 is 26.3. The molecule has 5 rings (SSSR count). The maximum absolute atomic E-state index is 13.1. The Hall–Kier alpha value is -2.84. The molecule has 1 aliphatic heterocycles. The van der Waals surface area contributed by atoms with Crippen LogP contribution in [0.4, 0.5) is 14.6 Å². The molecule has 3 aliphatic rings. The van der Waals surface area contributed by atoms with Crippen molar-refractivity contribution in [3.05, 3.63) is 59.3 Å². The molecule has 180 valence electrons. The number of rotatable bonds is 7. The summed E-state index contributed by atoms with van der Waals surface area (Å²) in [5.41, 5.74) is 10.2. The molecule has 0 spiro atoms. The van der Waals surface area contributed by atoms with Crippen molar-refractivity contribution in [2.24, 2.45) is 0 Å². The Labute approximate surface area is 197 Å². The van der Waals surface area contributed by atoms with Gasteiger partial charge in [0.1, 0.15) is 19.2 Å². The molecule has 8 heteroatoms. The van der Waals surface area contributed by atoms with E-state index in [9.17, 15) is 18.7 Å². The van der Waals surface area contributed by atoms with Crippen LogP contribution in [0.3, 0.4) is 0 Å². The van der Waals surface area contributed by atoms with Gasteiger partial charge >= 0.3 is 0 Å². The van der Waals surface area contributed by atoms with Gasteiger partial charge in [-0.25, -0.2) is 13.8 Å². The Morgan fingerprint density at radius 2 is 1.88 bits per heavy atom. The zero-order chi connectivity index (χ0) is 23.9. The van der Waals surface area contributed by atoms with Crippen molar-refractivity contribution < 1.29 is 18.7 Å². The zero-order valence-electron chi connectivity index (χ0n) is 19.0. The fourth-order valence-electron chi connectivity index (χ4n) is 5.30. The van der Waals surface area contributed by atoms with Gasteiger partial charge in [0.05, 0.1) is 17.7 Å². The zero-order valence-corrected chi connectivity index (χ0v) is 19.0. The Morgan fingerprint density at radius 3 is 2.56 bits per heavy atom. The lowest BCUT2D eigenvalue weighted by Crippen LogP contribution is -2.39. The van der Waals surface area contributed by atoms with Crippen molar-refractivity contribution >= 4 is 11.7 Å². The summed E-state index contributed by atoms with van der Waals surface area (Å²) in [7, 11) is 0. The standard InChI is InChI=1S/C26H30F2N4O2/c27-11-21(12-28)32-14-19-10-26(19,15-32)18-3-1-16(2-4-18)17-9-23(24(29)30-13-17)25(34)31-20-5-7-22(33)8-6-20/h1-4,9-10,13,20-22,33H,5-8,11-12,14-15H2,(H2,29,30)(H,31,34)/t20-,22-,26-/m1/s1. The highest BCUT2D eigenvalue weighted by Crippen LogP contribution is 2.52. The fourth-order valence-corrected chi connectivity index (χ4v) is 5.30. The van der Waals surface area contributed by atoms with Crippen LogP contribution in [-0.2, 0) is 5.41 Å². The molecule has 0 unspecified atom stereocenters. The number of aromatic nitrogens is 1. The van der Waals surface area contributed by atoms with Crippen molar-refractivity contribution in [2.75, 3.05) is 32.2 Å². The minimum Gasteiger partial charge on any atom is -0.393 e. The number of carbonyl (C=O) groups is 1. The van der Waals surface area contributed by atoms with Crippen LogP contribution in [0, 0.1) is 0 Å². The summed E-state index contributed by atoms with van der Waals surface area (Å²) in [4.78, 5) is 19.0. The van der Waals surface area contributed by atoms with Crippen molar-refractivity contribution in [3.63, 3.8) is 0 Å². The highest BCUT2D eigenvalue weighted by Gasteiger charge is 2.53. The molecule has 2 aromatic rings. The maximum atomic E-state index is 13.1. The molecule has 1 atom stereocenters. The van der Waals surface area contributed by atoms with E-state index in [2.05, 4.69) is 16.4 Å².